The number of rotatable bonds is 5. The first-order valence-corrected chi connectivity index (χ1v) is 17.9. The molecule has 0 aromatic rings. The van der Waals surface area contributed by atoms with E-state index in [0.717, 1.165) is 49.9 Å². The molecule has 10 unspecified atom stereocenters. The molecule has 0 spiro atoms. The molecular weight excluding hydrogens is 552 g/mol. The highest BCUT2D eigenvalue weighted by Crippen LogP contribution is 2.30. The van der Waals surface area contributed by atoms with Gasteiger partial charge in [0.1, 0.15) is 11.6 Å². The van der Waals surface area contributed by atoms with E-state index in [4.69, 9.17) is 14.6 Å². The number of aliphatic hydroxyl groups is 2. The molecule has 3 rings (SSSR count). The molecule has 0 radical (unpaired) electrons. The maximum atomic E-state index is 11.0. The molecule has 6 heteroatoms. The van der Waals surface area contributed by atoms with E-state index in [2.05, 4.69) is 48.5 Å². The predicted octanol–water partition coefficient (Wildman–Crippen LogP) is 9.47. The molecule has 2 N–H and O–H groups in total. The van der Waals surface area contributed by atoms with Gasteiger partial charge >= 0.3 is 0 Å². The van der Waals surface area contributed by atoms with Crippen molar-refractivity contribution in [2.24, 2.45) is 35.5 Å². The summed E-state index contributed by atoms with van der Waals surface area (Å²) in [4.78, 5) is 20.8. The molecule has 0 aromatic carbocycles. The lowest BCUT2D eigenvalue weighted by Crippen LogP contribution is -2.27. The molecule has 10 atom stereocenters. The SMILES string of the molecule is CC1CCC(C)C(=O)C1.CC1CCC(C)C(O)C1.CCC(C)=O.CCC(C)O.CCC(C)OC.COC1CC(C)CCC1C. The number of aliphatic hydroxyl groups excluding tert-OH is 2. The topological polar surface area (TPSA) is 93.1 Å². The Balaban J connectivity index is -0.000000469. The van der Waals surface area contributed by atoms with Crippen molar-refractivity contribution in [1.82, 2.24) is 0 Å². The highest BCUT2D eigenvalue weighted by Gasteiger charge is 2.25. The fourth-order valence-electron chi connectivity index (χ4n) is 4.82. The third kappa shape index (κ3) is 28.6. The minimum atomic E-state index is -0.116. The molecule has 0 aromatic heterocycles. The minimum absolute atomic E-state index is 0.0197. The van der Waals surface area contributed by atoms with E-state index in [1.807, 2.05) is 27.9 Å². The molecule has 0 bridgehead atoms. The van der Waals surface area contributed by atoms with Crippen LogP contribution in [0.2, 0.25) is 0 Å². The number of ketones is 2. The van der Waals surface area contributed by atoms with Crippen molar-refractivity contribution in [1.29, 1.82) is 0 Å². The molecule has 0 aliphatic heterocycles. The number of ether oxygens (including phenoxy) is 2. The van der Waals surface area contributed by atoms with E-state index in [1.165, 1.54) is 38.5 Å². The summed E-state index contributed by atoms with van der Waals surface area (Å²) in [5, 5.41) is 17.7. The summed E-state index contributed by atoms with van der Waals surface area (Å²) in [5.74, 6) is 4.66. The summed E-state index contributed by atoms with van der Waals surface area (Å²) < 4.78 is 10.3. The first kappa shape index (κ1) is 47.6. The summed E-state index contributed by atoms with van der Waals surface area (Å²) in [6.07, 6.45) is 14.2. The Kier molecular flexibility index (Phi) is 32.0. The highest BCUT2D eigenvalue weighted by atomic mass is 16.5. The molecule has 3 aliphatic carbocycles. The van der Waals surface area contributed by atoms with Crippen molar-refractivity contribution < 1.29 is 29.3 Å². The van der Waals surface area contributed by atoms with Gasteiger partial charge in [-0.1, -0.05) is 75.2 Å². The van der Waals surface area contributed by atoms with Crippen LogP contribution in [0.15, 0.2) is 0 Å². The molecule has 3 fully saturated rings. The lowest BCUT2D eigenvalue weighted by atomic mass is 9.82. The number of hydrogen-bond donors (Lipinski definition) is 2. The summed E-state index contributed by atoms with van der Waals surface area (Å²) in [7, 11) is 3.56. The van der Waals surface area contributed by atoms with Crippen molar-refractivity contribution in [3.8, 4) is 0 Å². The summed E-state index contributed by atoms with van der Waals surface area (Å²) in [5.41, 5.74) is 0. The van der Waals surface area contributed by atoms with E-state index in [0.29, 0.717) is 42.2 Å². The van der Waals surface area contributed by atoms with Gasteiger partial charge in [0.25, 0.3) is 0 Å². The zero-order valence-corrected chi connectivity index (χ0v) is 31.8. The Morgan fingerprint density at radius 1 is 0.795 bits per heavy atom. The number of Topliss-reactive ketones (excluding diaryl/α,β-unsaturated/α-hetero) is 2. The summed E-state index contributed by atoms with van der Waals surface area (Å²) in [6, 6.07) is 0. The second-order valence-electron chi connectivity index (χ2n) is 14.2. The van der Waals surface area contributed by atoms with E-state index in [1.54, 1.807) is 21.0 Å². The predicted molar refractivity (Wildman–Crippen MR) is 188 cm³/mol. The van der Waals surface area contributed by atoms with Gasteiger partial charge in [0.2, 0.25) is 0 Å². The quantitative estimate of drug-likeness (QED) is 0.314. The molecule has 3 aliphatic rings. The fraction of sp³-hybridized carbons (Fsp3) is 0.947. The van der Waals surface area contributed by atoms with Crippen molar-refractivity contribution in [2.75, 3.05) is 14.2 Å². The van der Waals surface area contributed by atoms with Crippen LogP contribution >= 0.6 is 0 Å². The van der Waals surface area contributed by atoms with Gasteiger partial charge in [-0.2, -0.15) is 0 Å². The third-order valence-corrected chi connectivity index (χ3v) is 9.36. The van der Waals surface area contributed by atoms with Gasteiger partial charge in [0.15, 0.2) is 0 Å². The van der Waals surface area contributed by atoms with Crippen LogP contribution in [0.5, 0.6) is 0 Å². The van der Waals surface area contributed by atoms with Crippen molar-refractivity contribution in [2.45, 2.75) is 185 Å². The van der Waals surface area contributed by atoms with Crippen LogP contribution in [0.1, 0.15) is 160 Å². The second-order valence-corrected chi connectivity index (χ2v) is 14.2. The first-order chi connectivity index (χ1) is 20.5. The van der Waals surface area contributed by atoms with Crippen LogP contribution in [0.4, 0.5) is 0 Å². The number of carbonyl (C=O) groups is 2. The lowest BCUT2D eigenvalue weighted by molar-refractivity contribution is -0.125. The monoisotopic (exact) mass is 631 g/mol. The van der Waals surface area contributed by atoms with Crippen LogP contribution in [0.25, 0.3) is 0 Å². The van der Waals surface area contributed by atoms with Crippen LogP contribution in [0.3, 0.4) is 0 Å². The smallest absolute Gasteiger partial charge is 0.135 e. The molecule has 3 saturated carbocycles. The Morgan fingerprint density at radius 2 is 1.25 bits per heavy atom. The second kappa shape index (κ2) is 29.6. The van der Waals surface area contributed by atoms with Gasteiger partial charge in [-0.3, -0.25) is 4.79 Å². The molecule has 0 amide bonds. The molecule has 266 valence electrons. The average Bonchev–Trinajstić information content (AvgIpc) is 2.99. The van der Waals surface area contributed by atoms with Gasteiger partial charge < -0.3 is 24.5 Å². The molecular formula is C38H78O6. The molecule has 6 nitrogen and oxygen atoms in total. The number of carbonyl (C=O) groups excluding carboxylic acids is 2. The van der Waals surface area contributed by atoms with Gasteiger partial charge in [-0.05, 0) is 102 Å². The summed E-state index contributed by atoms with van der Waals surface area (Å²) in [6.45, 7) is 24.5. The lowest BCUT2D eigenvalue weighted by Gasteiger charge is -2.31. The van der Waals surface area contributed by atoms with E-state index >= 15 is 0 Å². The Bertz CT molecular complexity index is 662. The number of methoxy groups -OCH3 is 2. The fourth-order valence-corrected chi connectivity index (χ4v) is 4.82. The minimum Gasteiger partial charge on any atom is -0.393 e. The average molecular weight is 631 g/mol. The van der Waals surface area contributed by atoms with Gasteiger partial charge in [-0.25, -0.2) is 0 Å². The summed E-state index contributed by atoms with van der Waals surface area (Å²) >= 11 is 0. The Labute approximate surface area is 274 Å². The van der Waals surface area contributed by atoms with E-state index < -0.39 is 0 Å². The maximum absolute atomic E-state index is 11.0. The largest absolute Gasteiger partial charge is 0.393 e. The molecule has 0 heterocycles. The third-order valence-electron chi connectivity index (χ3n) is 9.36. The standard InChI is InChI=1S/C9H18O.C8H16O.C8H14O.C5H12O.C4H10O.C4H8O/c1-7-4-5-8(2)9(6-7)10-3;2*1-6-3-4-7(2)8(9)5-6;1-4-5(2)6-3;2*1-3-4(2)5/h7-9H,4-6H2,1-3H3;6-9H,3-5H2,1-2H3;6-7H,3-5H2,1-2H3;5H,4H2,1-3H3;4-5H,3H2,1-2H3;3H2,1-2H3. The zero-order valence-electron chi connectivity index (χ0n) is 31.8. The van der Waals surface area contributed by atoms with E-state index in [-0.39, 0.29) is 18.0 Å². The van der Waals surface area contributed by atoms with Gasteiger partial charge in [0.05, 0.1) is 24.4 Å². The van der Waals surface area contributed by atoms with Crippen molar-refractivity contribution in [3.05, 3.63) is 0 Å². The van der Waals surface area contributed by atoms with Crippen LogP contribution in [-0.2, 0) is 19.1 Å². The first-order valence-electron chi connectivity index (χ1n) is 17.9. The highest BCUT2D eigenvalue weighted by molar-refractivity contribution is 5.81. The molecule has 0 saturated heterocycles. The normalized spacial score (nSPS) is 30.8. The Hall–Kier alpha value is -0.820. The van der Waals surface area contributed by atoms with Crippen LogP contribution < -0.4 is 0 Å². The maximum Gasteiger partial charge on any atom is 0.135 e. The van der Waals surface area contributed by atoms with Crippen LogP contribution in [0, 0.1) is 35.5 Å². The Morgan fingerprint density at radius 3 is 1.52 bits per heavy atom. The number of hydrogen-bond acceptors (Lipinski definition) is 6. The van der Waals surface area contributed by atoms with Crippen molar-refractivity contribution >= 4 is 11.6 Å². The van der Waals surface area contributed by atoms with Crippen LogP contribution in [-0.4, -0.2) is 60.4 Å². The molecule has 44 heavy (non-hydrogen) atoms. The van der Waals surface area contributed by atoms with Gasteiger partial charge in [0, 0.05) is 33.0 Å². The zero-order chi connectivity index (χ0) is 34.8. The van der Waals surface area contributed by atoms with Gasteiger partial charge in [-0.15, -0.1) is 0 Å². The van der Waals surface area contributed by atoms with Crippen molar-refractivity contribution in [3.63, 3.8) is 0 Å². The van der Waals surface area contributed by atoms with E-state index in [9.17, 15) is 14.7 Å².